The molecule has 236 valence electrons. The maximum atomic E-state index is 14.5. The lowest BCUT2D eigenvalue weighted by atomic mass is 10.0. The Morgan fingerprint density at radius 1 is 0.844 bits per heavy atom. The van der Waals surface area contributed by atoms with Gasteiger partial charge in [0.1, 0.15) is 18.3 Å². The van der Waals surface area contributed by atoms with Crippen LogP contribution in [-0.4, -0.2) is 50.9 Å². The molecule has 0 saturated carbocycles. The van der Waals surface area contributed by atoms with E-state index in [1.54, 1.807) is 66.7 Å². The van der Waals surface area contributed by atoms with Crippen LogP contribution in [0.15, 0.2) is 114 Å². The minimum absolute atomic E-state index is 0.0354. The molecular formula is C35H38ClN3O5S. The van der Waals surface area contributed by atoms with Crippen LogP contribution in [-0.2, 0) is 32.6 Å². The zero-order valence-electron chi connectivity index (χ0n) is 25.6. The van der Waals surface area contributed by atoms with Crippen molar-refractivity contribution in [3.8, 4) is 5.75 Å². The van der Waals surface area contributed by atoms with E-state index in [0.717, 1.165) is 15.4 Å². The molecule has 0 aliphatic heterocycles. The molecule has 2 unspecified atom stereocenters. The average Bonchev–Trinajstić information content (AvgIpc) is 3.06. The molecule has 0 bridgehead atoms. The number of sulfonamides is 1. The first-order valence-electron chi connectivity index (χ1n) is 14.7. The molecule has 0 aromatic heterocycles. The summed E-state index contributed by atoms with van der Waals surface area (Å²) in [6.45, 7) is 3.39. The Kier molecular flexibility index (Phi) is 11.6. The molecule has 2 atom stereocenters. The molecule has 0 radical (unpaired) electrons. The molecule has 0 fully saturated rings. The molecular weight excluding hydrogens is 610 g/mol. The van der Waals surface area contributed by atoms with E-state index >= 15 is 0 Å². The molecule has 45 heavy (non-hydrogen) atoms. The molecule has 0 saturated heterocycles. The number of anilines is 1. The Bertz CT molecular complexity index is 1650. The van der Waals surface area contributed by atoms with E-state index in [2.05, 4.69) is 5.32 Å². The maximum Gasteiger partial charge on any atom is 0.264 e. The molecule has 0 aliphatic rings. The SMILES string of the molecule is CCC(C)NC(=O)C(Cc1ccccc1)N(Cc1ccc(Cl)cc1)C(=O)CN(c1ccc(OC)cc1)S(=O)(=O)c1ccccc1. The van der Waals surface area contributed by atoms with Crippen LogP contribution < -0.4 is 14.4 Å². The first-order valence-corrected chi connectivity index (χ1v) is 16.5. The Morgan fingerprint density at radius 3 is 2.02 bits per heavy atom. The lowest BCUT2D eigenvalue weighted by molar-refractivity contribution is -0.140. The molecule has 10 heteroatoms. The second kappa shape index (κ2) is 15.6. The number of amides is 2. The molecule has 2 amide bonds. The topological polar surface area (TPSA) is 96.0 Å². The van der Waals surface area contributed by atoms with Crippen LogP contribution >= 0.6 is 11.6 Å². The highest BCUT2D eigenvalue weighted by Crippen LogP contribution is 2.27. The van der Waals surface area contributed by atoms with E-state index in [0.29, 0.717) is 17.2 Å². The quantitative estimate of drug-likeness (QED) is 0.179. The van der Waals surface area contributed by atoms with Gasteiger partial charge in [-0.1, -0.05) is 79.2 Å². The number of carbonyl (C=O) groups excluding carboxylic acids is 2. The molecule has 1 N–H and O–H groups in total. The van der Waals surface area contributed by atoms with Gasteiger partial charge in [0.05, 0.1) is 17.7 Å². The minimum Gasteiger partial charge on any atom is -0.497 e. The summed E-state index contributed by atoms with van der Waals surface area (Å²) < 4.78 is 34.4. The summed E-state index contributed by atoms with van der Waals surface area (Å²) in [6.07, 6.45) is 0.936. The monoisotopic (exact) mass is 647 g/mol. The first kappa shape index (κ1) is 33.6. The van der Waals surface area contributed by atoms with Gasteiger partial charge in [-0.3, -0.25) is 13.9 Å². The number of carbonyl (C=O) groups is 2. The highest BCUT2D eigenvalue weighted by molar-refractivity contribution is 7.92. The minimum atomic E-state index is -4.18. The van der Waals surface area contributed by atoms with Crippen molar-refractivity contribution in [1.82, 2.24) is 10.2 Å². The smallest absolute Gasteiger partial charge is 0.264 e. The van der Waals surface area contributed by atoms with Crippen molar-refractivity contribution in [2.75, 3.05) is 18.0 Å². The van der Waals surface area contributed by atoms with Gasteiger partial charge in [-0.25, -0.2) is 8.42 Å². The van der Waals surface area contributed by atoms with Crippen molar-refractivity contribution in [3.05, 3.63) is 125 Å². The number of nitrogens with one attached hydrogen (secondary N) is 1. The summed E-state index contributed by atoms with van der Waals surface area (Å²) in [4.78, 5) is 29.9. The summed E-state index contributed by atoms with van der Waals surface area (Å²) >= 11 is 6.14. The van der Waals surface area contributed by atoms with E-state index < -0.39 is 28.5 Å². The number of ether oxygens (including phenoxy) is 1. The van der Waals surface area contributed by atoms with Crippen molar-refractivity contribution in [1.29, 1.82) is 0 Å². The zero-order valence-corrected chi connectivity index (χ0v) is 27.2. The standard InChI is InChI=1S/C35H38ClN3O5S/c1-4-26(2)37-35(41)33(23-27-11-7-5-8-12-27)38(24-28-15-17-29(36)18-16-28)34(40)25-39(30-19-21-31(44-3)22-20-30)45(42,43)32-13-9-6-10-14-32/h5-22,26,33H,4,23-25H2,1-3H3,(H,37,41). The zero-order chi connectivity index (χ0) is 32.4. The second-order valence-corrected chi connectivity index (χ2v) is 13.0. The first-order chi connectivity index (χ1) is 21.6. The Morgan fingerprint density at radius 2 is 1.44 bits per heavy atom. The van der Waals surface area contributed by atoms with Gasteiger partial charge in [0.2, 0.25) is 11.8 Å². The normalized spacial score (nSPS) is 12.5. The number of halogens is 1. The number of hydrogen-bond donors (Lipinski definition) is 1. The Labute approximate surface area is 270 Å². The fourth-order valence-corrected chi connectivity index (χ4v) is 6.34. The summed E-state index contributed by atoms with van der Waals surface area (Å²) in [7, 11) is -2.66. The Hall–Kier alpha value is -4.34. The Balaban J connectivity index is 1.79. The fourth-order valence-electron chi connectivity index (χ4n) is 4.78. The number of nitrogens with zero attached hydrogens (tertiary/aromatic N) is 2. The molecule has 4 aromatic carbocycles. The third-order valence-corrected chi connectivity index (χ3v) is 9.55. The summed E-state index contributed by atoms with van der Waals surface area (Å²) in [6, 6.07) is 29.8. The van der Waals surface area contributed by atoms with E-state index in [9.17, 15) is 18.0 Å². The van der Waals surface area contributed by atoms with Gasteiger partial charge < -0.3 is 15.0 Å². The van der Waals surface area contributed by atoms with Gasteiger partial charge in [0, 0.05) is 24.0 Å². The number of benzene rings is 4. The van der Waals surface area contributed by atoms with Crippen LogP contribution in [0.25, 0.3) is 0 Å². The second-order valence-electron chi connectivity index (χ2n) is 10.7. The summed E-state index contributed by atoms with van der Waals surface area (Å²) in [5.41, 5.74) is 1.88. The van der Waals surface area contributed by atoms with Gasteiger partial charge >= 0.3 is 0 Å². The summed E-state index contributed by atoms with van der Waals surface area (Å²) in [5.74, 6) is -0.325. The maximum absolute atomic E-state index is 14.5. The number of hydrogen-bond acceptors (Lipinski definition) is 5. The highest BCUT2D eigenvalue weighted by atomic mass is 35.5. The molecule has 0 spiro atoms. The molecule has 8 nitrogen and oxygen atoms in total. The number of rotatable bonds is 14. The molecule has 0 heterocycles. The van der Waals surface area contributed by atoms with Gasteiger partial charge in [-0.05, 0) is 73.0 Å². The van der Waals surface area contributed by atoms with E-state index in [1.807, 2.05) is 44.2 Å². The van der Waals surface area contributed by atoms with Crippen LogP contribution in [0.4, 0.5) is 5.69 Å². The van der Waals surface area contributed by atoms with Crippen molar-refractivity contribution < 1.29 is 22.7 Å². The lowest BCUT2D eigenvalue weighted by Crippen LogP contribution is -2.54. The summed E-state index contributed by atoms with van der Waals surface area (Å²) in [5, 5.41) is 3.57. The third kappa shape index (κ3) is 8.86. The van der Waals surface area contributed by atoms with Gasteiger partial charge in [-0.15, -0.1) is 0 Å². The van der Waals surface area contributed by atoms with Crippen LogP contribution in [0, 0.1) is 0 Å². The van der Waals surface area contributed by atoms with Crippen molar-refractivity contribution >= 4 is 39.1 Å². The fraction of sp³-hybridized carbons (Fsp3) is 0.257. The van der Waals surface area contributed by atoms with Crippen molar-refractivity contribution in [2.45, 2.75) is 50.2 Å². The van der Waals surface area contributed by atoms with Gasteiger partial charge in [-0.2, -0.15) is 0 Å². The van der Waals surface area contributed by atoms with Crippen molar-refractivity contribution in [2.24, 2.45) is 0 Å². The van der Waals surface area contributed by atoms with E-state index in [-0.39, 0.29) is 35.5 Å². The lowest BCUT2D eigenvalue weighted by Gasteiger charge is -2.34. The predicted octanol–water partition coefficient (Wildman–Crippen LogP) is 6.10. The van der Waals surface area contributed by atoms with E-state index in [1.165, 1.54) is 24.1 Å². The van der Waals surface area contributed by atoms with Gasteiger partial charge in [0.15, 0.2) is 0 Å². The molecule has 4 aromatic rings. The highest BCUT2D eigenvalue weighted by Gasteiger charge is 2.35. The number of methoxy groups -OCH3 is 1. The van der Waals surface area contributed by atoms with Crippen LogP contribution in [0.1, 0.15) is 31.4 Å². The van der Waals surface area contributed by atoms with Crippen molar-refractivity contribution in [3.63, 3.8) is 0 Å². The van der Waals surface area contributed by atoms with E-state index in [4.69, 9.17) is 16.3 Å². The van der Waals surface area contributed by atoms with Crippen LogP contribution in [0.3, 0.4) is 0 Å². The average molecular weight is 648 g/mol. The predicted molar refractivity (Wildman–Crippen MR) is 178 cm³/mol. The van der Waals surface area contributed by atoms with Crippen LogP contribution in [0.2, 0.25) is 5.02 Å². The molecule has 4 rings (SSSR count). The van der Waals surface area contributed by atoms with Gasteiger partial charge in [0.25, 0.3) is 10.0 Å². The third-order valence-electron chi connectivity index (χ3n) is 7.51. The molecule has 0 aliphatic carbocycles. The van der Waals surface area contributed by atoms with Crippen LogP contribution in [0.5, 0.6) is 5.75 Å². The largest absolute Gasteiger partial charge is 0.497 e.